The van der Waals surface area contributed by atoms with Crippen LogP contribution >= 0.6 is 0 Å². The molecule has 0 bridgehead atoms. The van der Waals surface area contributed by atoms with Gasteiger partial charge in [-0.1, -0.05) is 12.1 Å². The molecule has 2 amide bonds. The van der Waals surface area contributed by atoms with Gasteiger partial charge in [-0.3, -0.25) is 19.2 Å². The van der Waals surface area contributed by atoms with Crippen LogP contribution in [0, 0.1) is 0 Å². The van der Waals surface area contributed by atoms with Gasteiger partial charge < -0.3 is 16.2 Å². The summed E-state index contributed by atoms with van der Waals surface area (Å²) in [6, 6.07) is 7.77. The standard InChI is InChI=1S/C17H15N3O5/c18-16(24)11-3-1-2-10(6-11)12-7-14(23)15(20-8-12)17(25)19-5-4-13(22)9-21/h1-3,6-9,23H,4-5H2,(H2,18,24)(H,19,25). The second-order valence-corrected chi connectivity index (χ2v) is 5.13. The molecule has 128 valence electrons. The molecule has 2 aromatic rings. The second-order valence-electron chi connectivity index (χ2n) is 5.13. The summed E-state index contributed by atoms with van der Waals surface area (Å²) in [7, 11) is 0. The molecule has 2 rings (SSSR count). The largest absolute Gasteiger partial charge is 0.505 e. The number of amides is 2. The average Bonchev–Trinajstić information content (AvgIpc) is 2.61. The van der Waals surface area contributed by atoms with Crippen molar-refractivity contribution in [1.29, 1.82) is 0 Å². The van der Waals surface area contributed by atoms with Gasteiger partial charge in [-0.2, -0.15) is 0 Å². The Kier molecular flexibility index (Phi) is 5.57. The molecule has 1 aromatic heterocycles. The number of primary amides is 1. The summed E-state index contributed by atoms with van der Waals surface area (Å²) in [6.07, 6.45) is 1.41. The van der Waals surface area contributed by atoms with E-state index in [9.17, 15) is 24.3 Å². The molecule has 0 fully saturated rings. The van der Waals surface area contributed by atoms with E-state index in [0.717, 1.165) is 0 Å². The second kappa shape index (κ2) is 7.82. The van der Waals surface area contributed by atoms with Crippen LogP contribution in [0.5, 0.6) is 5.75 Å². The Hall–Kier alpha value is -3.55. The molecule has 1 heterocycles. The lowest BCUT2D eigenvalue weighted by Gasteiger charge is -2.08. The third kappa shape index (κ3) is 4.47. The Balaban J connectivity index is 2.16. The van der Waals surface area contributed by atoms with Gasteiger partial charge in [0.15, 0.2) is 17.8 Å². The fourth-order valence-corrected chi connectivity index (χ4v) is 2.08. The van der Waals surface area contributed by atoms with Crippen molar-refractivity contribution in [3.63, 3.8) is 0 Å². The van der Waals surface area contributed by atoms with E-state index in [0.29, 0.717) is 16.7 Å². The zero-order valence-electron chi connectivity index (χ0n) is 13.1. The van der Waals surface area contributed by atoms with Gasteiger partial charge >= 0.3 is 0 Å². The number of carbonyl (C=O) groups excluding carboxylic acids is 4. The first-order chi connectivity index (χ1) is 11.9. The molecule has 0 aliphatic carbocycles. The van der Waals surface area contributed by atoms with Crippen LogP contribution in [0.1, 0.15) is 27.3 Å². The lowest BCUT2D eigenvalue weighted by Crippen LogP contribution is -2.27. The van der Waals surface area contributed by atoms with Crippen molar-refractivity contribution < 1.29 is 24.3 Å². The SMILES string of the molecule is NC(=O)c1cccc(-c2cnc(C(=O)NCCC(=O)C=O)c(O)c2)c1. The monoisotopic (exact) mass is 341 g/mol. The van der Waals surface area contributed by atoms with Gasteiger partial charge in [0, 0.05) is 30.3 Å². The maximum absolute atomic E-state index is 11.9. The van der Waals surface area contributed by atoms with E-state index < -0.39 is 17.6 Å². The van der Waals surface area contributed by atoms with Crippen molar-refractivity contribution in [2.24, 2.45) is 5.73 Å². The molecule has 0 saturated carbocycles. The Morgan fingerprint density at radius 2 is 1.96 bits per heavy atom. The number of aromatic nitrogens is 1. The smallest absolute Gasteiger partial charge is 0.273 e. The third-order valence-electron chi connectivity index (χ3n) is 3.35. The number of nitrogens with one attached hydrogen (secondary N) is 1. The van der Waals surface area contributed by atoms with E-state index in [1.54, 1.807) is 24.3 Å². The van der Waals surface area contributed by atoms with Crippen molar-refractivity contribution in [2.75, 3.05) is 6.54 Å². The normalized spacial score (nSPS) is 10.1. The fourth-order valence-electron chi connectivity index (χ4n) is 2.08. The Morgan fingerprint density at radius 1 is 1.20 bits per heavy atom. The summed E-state index contributed by atoms with van der Waals surface area (Å²) < 4.78 is 0. The van der Waals surface area contributed by atoms with Gasteiger partial charge in [-0.05, 0) is 23.8 Å². The number of aldehydes is 1. The van der Waals surface area contributed by atoms with Crippen LogP contribution in [0.4, 0.5) is 0 Å². The minimum absolute atomic E-state index is 0.0417. The molecular weight excluding hydrogens is 326 g/mol. The van der Waals surface area contributed by atoms with E-state index in [4.69, 9.17) is 5.73 Å². The Bertz CT molecular complexity index is 848. The van der Waals surface area contributed by atoms with Gasteiger partial charge in [0.25, 0.3) is 5.91 Å². The quantitative estimate of drug-likeness (QED) is 0.493. The highest BCUT2D eigenvalue weighted by Gasteiger charge is 2.14. The molecule has 0 saturated heterocycles. The molecule has 0 spiro atoms. The van der Waals surface area contributed by atoms with Crippen molar-refractivity contribution in [1.82, 2.24) is 10.3 Å². The van der Waals surface area contributed by atoms with Gasteiger partial charge in [0.1, 0.15) is 5.75 Å². The summed E-state index contributed by atoms with van der Waals surface area (Å²) in [5.74, 6) is -2.25. The first kappa shape index (κ1) is 17.8. The summed E-state index contributed by atoms with van der Waals surface area (Å²) in [6.45, 7) is -0.0417. The lowest BCUT2D eigenvalue weighted by atomic mass is 10.0. The Morgan fingerprint density at radius 3 is 2.60 bits per heavy atom. The number of benzene rings is 1. The van der Waals surface area contributed by atoms with Crippen molar-refractivity contribution in [3.05, 3.63) is 47.8 Å². The molecule has 8 nitrogen and oxygen atoms in total. The fraction of sp³-hybridized carbons (Fsp3) is 0.118. The average molecular weight is 341 g/mol. The number of nitrogens with zero attached hydrogens (tertiary/aromatic N) is 1. The predicted molar refractivity (Wildman–Crippen MR) is 87.9 cm³/mol. The maximum Gasteiger partial charge on any atom is 0.273 e. The molecule has 0 aliphatic rings. The number of ketones is 1. The number of hydrogen-bond donors (Lipinski definition) is 3. The van der Waals surface area contributed by atoms with Gasteiger partial charge in [0.05, 0.1) is 0 Å². The number of rotatable bonds is 7. The number of hydrogen-bond acceptors (Lipinski definition) is 6. The number of Topliss-reactive ketones (excluding diaryl/α,β-unsaturated/α-hetero) is 1. The van der Waals surface area contributed by atoms with E-state index in [1.165, 1.54) is 12.3 Å². The van der Waals surface area contributed by atoms with Crippen LogP contribution < -0.4 is 11.1 Å². The molecule has 0 atom stereocenters. The molecule has 8 heteroatoms. The molecule has 0 aliphatic heterocycles. The lowest BCUT2D eigenvalue weighted by molar-refractivity contribution is -0.129. The summed E-state index contributed by atoms with van der Waals surface area (Å²) in [5.41, 5.74) is 6.41. The van der Waals surface area contributed by atoms with Crippen LogP contribution in [0.25, 0.3) is 11.1 Å². The minimum Gasteiger partial charge on any atom is -0.505 e. The highest BCUT2D eigenvalue weighted by atomic mass is 16.3. The molecule has 25 heavy (non-hydrogen) atoms. The summed E-state index contributed by atoms with van der Waals surface area (Å²) >= 11 is 0. The molecule has 4 N–H and O–H groups in total. The molecule has 0 unspecified atom stereocenters. The van der Waals surface area contributed by atoms with Gasteiger partial charge in [0.2, 0.25) is 5.91 Å². The third-order valence-corrected chi connectivity index (χ3v) is 3.35. The summed E-state index contributed by atoms with van der Waals surface area (Å²) in [4.78, 5) is 48.1. The van der Waals surface area contributed by atoms with E-state index in [1.807, 2.05) is 0 Å². The molecule has 1 aromatic carbocycles. The van der Waals surface area contributed by atoms with E-state index in [2.05, 4.69) is 10.3 Å². The molecule has 0 radical (unpaired) electrons. The number of pyridine rings is 1. The van der Waals surface area contributed by atoms with Gasteiger partial charge in [-0.15, -0.1) is 0 Å². The van der Waals surface area contributed by atoms with Crippen LogP contribution in [-0.4, -0.2) is 40.5 Å². The number of nitrogens with two attached hydrogens (primary N) is 1. The number of carbonyl (C=O) groups is 4. The van der Waals surface area contributed by atoms with Crippen LogP contribution in [0.15, 0.2) is 36.5 Å². The van der Waals surface area contributed by atoms with Crippen molar-refractivity contribution in [2.45, 2.75) is 6.42 Å². The van der Waals surface area contributed by atoms with Crippen LogP contribution in [0.3, 0.4) is 0 Å². The topological polar surface area (TPSA) is 139 Å². The first-order valence-electron chi connectivity index (χ1n) is 7.28. The zero-order valence-corrected chi connectivity index (χ0v) is 13.1. The van der Waals surface area contributed by atoms with Crippen LogP contribution in [0.2, 0.25) is 0 Å². The minimum atomic E-state index is -0.673. The maximum atomic E-state index is 11.9. The van der Waals surface area contributed by atoms with E-state index >= 15 is 0 Å². The van der Waals surface area contributed by atoms with E-state index in [-0.39, 0.29) is 30.7 Å². The zero-order chi connectivity index (χ0) is 18.4. The number of aromatic hydroxyl groups is 1. The predicted octanol–water partition coefficient (Wildman–Crippen LogP) is 0.441. The highest BCUT2D eigenvalue weighted by Crippen LogP contribution is 2.25. The highest BCUT2D eigenvalue weighted by molar-refractivity contribution is 6.25. The molecular formula is C17H15N3O5. The van der Waals surface area contributed by atoms with Crippen LogP contribution in [-0.2, 0) is 9.59 Å². The van der Waals surface area contributed by atoms with Crippen molar-refractivity contribution in [3.8, 4) is 16.9 Å². The van der Waals surface area contributed by atoms with Gasteiger partial charge in [-0.25, -0.2) is 4.98 Å². The van der Waals surface area contributed by atoms with Crippen molar-refractivity contribution >= 4 is 23.9 Å². The first-order valence-corrected chi connectivity index (χ1v) is 7.28. The summed E-state index contributed by atoms with van der Waals surface area (Å²) in [5, 5.41) is 12.4. The Labute approximate surface area is 142 Å².